The van der Waals surface area contributed by atoms with Crippen molar-refractivity contribution in [2.45, 2.75) is 51.1 Å². The number of carbonyl (C=O) groups is 3. The van der Waals surface area contributed by atoms with Crippen molar-refractivity contribution in [3.8, 4) is 0 Å². The van der Waals surface area contributed by atoms with E-state index < -0.39 is 18.0 Å². The smallest absolute Gasteiger partial charge is 0.229 e. The number of nitrogens with one attached hydrogen (secondary N) is 4. The van der Waals surface area contributed by atoms with Crippen LogP contribution >= 0.6 is 15.9 Å². The minimum absolute atomic E-state index is 0.0105. The molecule has 3 amide bonds. The first-order valence-corrected chi connectivity index (χ1v) is 10.9. The molecule has 0 saturated carbocycles. The van der Waals surface area contributed by atoms with E-state index in [1.54, 1.807) is 12.1 Å². The lowest BCUT2D eigenvalue weighted by Crippen LogP contribution is -2.75. The van der Waals surface area contributed by atoms with Crippen molar-refractivity contribution in [2.24, 2.45) is 11.8 Å². The Kier molecular flexibility index (Phi) is 5.89. The number of anilines is 1. The molecule has 0 radical (unpaired) electrons. The van der Waals surface area contributed by atoms with Crippen LogP contribution in [0.15, 0.2) is 28.7 Å². The third-order valence-electron chi connectivity index (χ3n) is 6.07. The van der Waals surface area contributed by atoms with Gasteiger partial charge in [-0.25, -0.2) is 0 Å². The molecule has 0 spiro atoms. The van der Waals surface area contributed by atoms with Gasteiger partial charge in [0.25, 0.3) is 0 Å². The lowest BCUT2D eigenvalue weighted by atomic mass is 9.81. The third kappa shape index (κ3) is 4.31. The van der Waals surface area contributed by atoms with Crippen molar-refractivity contribution >= 4 is 39.3 Å². The summed E-state index contributed by atoms with van der Waals surface area (Å²) < 4.78 is 0.904. The molecule has 5 atom stereocenters. The number of likely N-dealkylation sites (tertiary alicyclic amines) is 1. The molecule has 0 aromatic heterocycles. The average molecular weight is 464 g/mol. The van der Waals surface area contributed by atoms with Crippen molar-refractivity contribution in [3.05, 3.63) is 28.7 Å². The van der Waals surface area contributed by atoms with Gasteiger partial charge in [-0.1, -0.05) is 22.4 Å². The second-order valence-corrected chi connectivity index (χ2v) is 8.95. The van der Waals surface area contributed by atoms with Crippen molar-refractivity contribution < 1.29 is 14.4 Å². The summed E-state index contributed by atoms with van der Waals surface area (Å²) in [6, 6.07) is 7.54. The number of amides is 3. The van der Waals surface area contributed by atoms with Gasteiger partial charge in [-0.05, 0) is 44.0 Å². The molecule has 3 aliphatic rings. The highest BCUT2D eigenvalue weighted by Gasteiger charge is 2.49. The Morgan fingerprint density at radius 3 is 2.66 bits per heavy atom. The monoisotopic (exact) mass is 463 g/mol. The highest BCUT2D eigenvalue weighted by Crippen LogP contribution is 2.29. The van der Waals surface area contributed by atoms with Crippen LogP contribution in [-0.2, 0) is 14.4 Å². The van der Waals surface area contributed by atoms with E-state index in [-0.39, 0.29) is 30.4 Å². The molecule has 4 rings (SSSR count). The number of nitrogens with zero attached hydrogens (tertiary/aromatic N) is 1. The molecule has 8 nitrogen and oxygen atoms in total. The fraction of sp³-hybridized carbons (Fsp3) is 0.550. The summed E-state index contributed by atoms with van der Waals surface area (Å²) in [7, 11) is 0. The first-order chi connectivity index (χ1) is 13.9. The van der Waals surface area contributed by atoms with E-state index in [2.05, 4.69) is 49.0 Å². The molecule has 4 N–H and O–H groups in total. The fourth-order valence-electron chi connectivity index (χ4n) is 4.51. The number of carbonyl (C=O) groups excluding carboxylic acids is 3. The van der Waals surface area contributed by atoms with E-state index in [0.29, 0.717) is 11.7 Å². The van der Waals surface area contributed by atoms with Gasteiger partial charge in [0, 0.05) is 29.2 Å². The summed E-state index contributed by atoms with van der Waals surface area (Å²) in [5.74, 6) is -2.13. The first kappa shape index (κ1) is 20.3. The van der Waals surface area contributed by atoms with Gasteiger partial charge in [0.2, 0.25) is 17.7 Å². The quantitative estimate of drug-likeness (QED) is 0.541. The summed E-state index contributed by atoms with van der Waals surface area (Å²) in [4.78, 5) is 40.4. The maximum absolute atomic E-state index is 13.0. The van der Waals surface area contributed by atoms with Crippen molar-refractivity contribution in [1.29, 1.82) is 0 Å². The van der Waals surface area contributed by atoms with Gasteiger partial charge in [-0.3, -0.25) is 24.6 Å². The summed E-state index contributed by atoms with van der Waals surface area (Å²) in [5, 5.41) is 12.1. The van der Waals surface area contributed by atoms with E-state index in [1.165, 1.54) is 6.42 Å². The van der Waals surface area contributed by atoms with E-state index >= 15 is 0 Å². The second-order valence-electron chi connectivity index (χ2n) is 8.04. The Morgan fingerprint density at radius 1 is 1.17 bits per heavy atom. The number of hydrogen-bond acceptors (Lipinski definition) is 5. The minimum Gasteiger partial charge on any atom is -0.340 e. The molecular formula is C20H26BrN5O3. The molecule has 1 aromatic rings. The Hall–Kier alpha value is -1.97. The molecule has 1 aromatic carbocycles. The zero-order chi connectivity index (χ0) is 20.5. The molecule has 3 aliphatic heterocycles. The molecule has 156 valence electrons. The predicted molar refractivity (Wildman–Crippen MR) is 111 cm³/mol. The molecule has 0 aliphatic carbocycles. The van der Waals surface area contributed by atoms with Gasteiger partial charge in [0.1, 0.15) is 6.29 Å². The Bertz CT molecular complexity index is 802. The first-order valence-electron chi connectivity index (χ1n) is 10.1. The molecule has 5 unspecified atom stereocenters. The lowest BCUT2D eigenvalue weighted by molar-refractivity contribution is -0.148. The van der Waals surface area contributed by atoms with Crippen molar-refractivity contribution in [1.82, 2.24) is 20.9 Å². The summed E-state index contributed by atoms with van der Waals surface area (Å²) in [6.07, 6.45) is 2.42. The van der Waals surface area contributed by atoms with Crippen LogP contribution in [0.4, 0.5) is 5.69 Å². The summed E-state index contributed by atoms with van der Waals surface area (Å²) in [6.45, 7) is 3.03. The summed E-state index contributed by atoms with van der Waals surface area (Å²) in [5.41, 5.74) is 0.630. The number of rotatable bonds is 3. The largest absolute Gasteiger partial charge is 0.340 e. The lowest BCUT2D eigenvalue weighted by Gasteiger charge is -2.48. The normalized spacial score (nSPS) is 32.7. The average Bonchev–Trinajstić information content (AvgIpc) is 2.69. The molecule has 9 heteroatoms. The fourth-order valence-corrected chi connectivity index (χ4v) is 4.77. The highest BCUT2D eigenvalue weighted by atomic mass is 79.9. The van der Waals surface area contributed by atoms with E-state index in [9.17, 15) is 14.4 Å². The van der Waals surface area contributed by atoms with Gasteiger partial charge < -0.3 is 16.0 Å². The Morgan fingerprint density at radius 2 is 1.93 bits per heavy atom. The SMILES string of the molecule is CC1CCCCN1C1NC(=O)C2C(NC(=O)CC2C(=O)Nc2ccc(Br)cc2)N1. The van der Waals surface area contributed by atoms with E-state index in [0.717, 1.165) is 23.9 Å². The second kappa shape index (κ2) is 8.41. The third-order valence-corrected chi connectivity index (χ3v) is 6.60. The van der Waals surface area contributed by atoms with Crippen LogP contribution in [0, 0.1) is 11.8 Å². The number of piperidine rings is 2. The molecule has 3 saturated heterocycles. The van der Waals surface area contributed by atoms with Crippen LogP contribution in [0.3, 0.4) is 0 Å². The van der Waals surface area contributed by atoms with Gasteiger partial charge >= 0.3 is 0 Å². The van der Waals surface area contributed by atoms with E-state index in [4.69, 9.17) is 0 Å². The highest BCUT2D eigenvalue weighted by molar-refractivity contribution is 9.10. The molecule has 29 heavy (non-hydrogen) atoms. The van der Waals surface area contributed by atoms with Gasteiger partial charge in [0.15, 0.2) is 0 Å². The van der Waals surface area contributed by atoms with Crippen LogP contribution in [0.25, 0.3) is 0 Å². The molecular weight excluding hydrogens is 438 g/mol. The predicted octanol–water partition coefficient (Wildman–Crippen LogP) is 1.34. The minimum atomic E-state index is -0.732. The number of hydrogen-bond donors (Lipinski definition) is 4. The zero-order valence-electron chi connectivity index (χ0n) is 16.3. The molecule has 3 fully saturated rings. The van der Waals surface area contributed by atoms with Crippen LogP contribution in [0.1, 0.15) is 32.6 Å². The van der Waals surface area contributed by atoms with Crippen LogP contribution in [0.2, 0.25) is 0 Å². The molecule has 3 heterocycles. The summed E-state index contributed by atoms with van der Waals surface area (Å²) >= 11 is 3.36. The standard InChI is InChI=1S/C20H26BrN5O3/c1-11-4-2-3-9-26(11)20-24-17-16(19(29)25-20)14(10-15(27)23-17)18(28)22-13-7-5-12(21)6-8-13/h5-8,11,14,16-17,20,24H,2-4,9-10H2,1H3,(H,22,28)(H,23,27)(H,25,29). The number of halogens is 1. The number of fused-ring (bicyclic) bond motifs is 1. The Labute approximate surface area is 178 Å². The van der Waals surface area contributed by atoms with Crippen molar-refractivity contribution in [3.63, 3.8) is 0 Å². The molecule has 0 bridgehead atoms. The Balaban J connectivity index is 1.49. The van der Waals surface area contributed by atoms with E-state index in [1.807, 2.05) is 12.1 Å². The van der Waals surface area contributed by atoms with Gasteiger partial charge in [-0.15, -0.1) is 0 Å². The van der Waals surface area contributed by atoms with Gasteiger partial charge in [-0.2, -0.15) is 0 Å². The van der Waals surface area contributed by atoms with Crippen LogP contribution in [-0.4, -0.2) is 47.7 Å². The maximum atomic E-state index is 13.0. The topological polar surface area (TPSA) is 103 Å². The van der Waals surface area contributed by atoms with Crippen LogP contribution in [0.5, 0.6) is 0 Å². The van der Waals surface area contributed by atoms with Gasteiger partial charge in [0.05, 0.1) is 18.0 Å². The maximum Gasteiger partial charge on any atom is 0.229 e. The number of benzene rings is 1. The zero-order valence-corrected chi connectivity index (χ0v) is 17.9. The van der Waals surface area contributed by atoms with Crippen molar-refractivity contribution in [2.75, 3.05) is 11.9 Å². The van der Waals surface area contributed by atoms with Crippen LogP contribution < -0.4 is 21.3 Å².